The van der Waals surface area contributed by atoms with Crippen LogP contribution in [0.5, 0.6) is 0 Å². The summed E-state index contributed by atoms with van der Waals surface area (Å²) in [6, 6.07) is 16.3. The fourth-order valence-corrected chi connectivity index (χ4v) is 4.88. The van der Waals surface area contributed by atoms with Gasteiger partial charge in [-0.25, -0.2) is 8.42 Å². The fourth-order valence-electron chi connectivity index (χ4n) is 2.82. The highest BCUT2D eigenvalue weighted by atomic mass is 35.5. The Labute approximate surface area is 121 Å². The summed E-state index contributed by atoms with van der Waals surface area (Å²) >= 11 is 6.25. The van der Waals surface area contributed by atoms with Gasteiger partial charge in [-0.15, -0.1) is 0 Å². The molecule has 0 bridgehead atoms. The van der Waals surface area contributed by atoms with Gasteiger partial charge in [0.15, 0.2) is 0 Å². The van der Waals surface area contributed by atoms with Crippen molar-refractivity contribution in [1.82, 2.24) is 0 Å². The van der Waals surface area contributed by atoms with Gasteiger partial charge in [0, 0.05) is 21.5 Å². The van der Waals surface area contributed by atoms with Crippen LogP contribution in [0.3, 0.4) is 0 Å². The monoisotopic (exact) mass is 300 g/mol. The summed E-state index contributed by atoms with van der Waals surface area (Å²) in [5, 5.41) is 2.22. The molecule has 0 saturated carbocycles. The Bertz CT molecular complexity index is 975. The van der Waals surface area contributed by atoms with Gasteiger partial charge in [-0.3, -0.25) is 0 Å². The zero-order valence-corrected chi connectivity index (χ0v) is 11.9. The van der Waals surface area contributed by atoms with Crippen molar-refractivity contribution >= 4 is 32.2 Å². The molecule has 0 amide bonds. The molecule has 2 nitrogen and oxygen atoms in total. The molecule has 0 unspecified atom stereocenters. The maximum absolute atomic E-state index is 12.6. The van der Waals surface area contributed by atoms with Crippen LogP contribution in [0.25, 0.3) is 21.9 Å². The predicted octanol–water partition coefficient (Wildman–Crippen LogP) is 4.31. The molecule has 4 heteroatoms. The minimum atomic E-state index is -3.46. The standard InChI is InChI=1S/C16H9ClO2S/c17-13-9-15-16(11-6-2-1-5-10(11)13)12-7-3-4-8-14(12)20(15,18)19/h1-9H. The van der Waals surface area contributed by atoms with Gasteiger partial charge >= 0.3 is 0 Å². The third-order valence-electron chi connectivity index (χ3n) is 3.69. The van der Waals surface area contributed by atoms with E-state index in [2.05, 4.69) is 0 Å². The summed E-state index contributed by atoms with van der Waals surface area (Å²) in [4.78, 5) is 0.671. The molecule has 3 aromatic carbocycles. The molecule has 0 atom stereocenters. The molecule has 0 N–H and O–H groups in total. The summed E-state index contributed by atoms with van der Waals surface area (Å²) in [5.74, 6) is 0. The Morgan fingerprint density at radius 3 is 2.25 bits per heavy atom. The molecule has 0 spiro atoms. The van der Waals surface area contributed by atoms with Crippen LogP contribution in [-0.2, 0) is 9.84 Å². The first-order valence-corrected chi connectivity index (χ1v) is 8.02. The number of sulfone groups is 1. The van der Waals surface area contributed by atoms with Gasteiger partial charge in [0.25, 0.3) is 0 Å². The van der Waals surface area contributed by atoms with Crippen molar-refractivity contribution in [2.24, 2.45) is 0 Å². The van der Waals surface area contributed by atoms with Crippen LogP contribution in [0.15, 0.2) is 64.4 Å². The SMILES string of the molecule is O=S1(=O)c2ccccc2-c2c1cc(Cl)c1ccccc21. The lowest BCUT2D eigenvalue weighted by molar-refractivity contribution is 0.599. The Morgan fingerprint density at radius 1 is 0.800 bits per heavy atom. The Kier molecular flexibility index (Phi) is 2.29. The highest BCUT2D eigenvalue weighted by Gasteiger charge is 2.34. The number of fused-ring (bicyclic) bond motifs is 5. The van der Waals surface area contributed by atoms with E-state index in [0.29, 0.717) is 14.8 Å². The normalized spacial score (nSPS) is 15.1. The molecule has 0 saturated heterocycles. The van der Waals surface area contributed by atoms with Gasteiger partial charge in [0.05, 0.1) is 9.79 Å². The first kappa shape index (κ1) is 11.9. The van der Waals surface area contributed by atoms with E-state index in [0.717, 1.165) is 21.9 Å². The van der Waals surface area contributed by atoms with E-state index in [1.54, 1.807) is 18.2 Å². The highest BCUT2D eigenvalue weighted by molar-refractivity contribution is 7.92. The van der Waals surface area contributed by atoms with Crippen molar-refractivity contribution < 1.29 is 8.42 Å². The average Bonchev–Trinajstić information content (AvgIpc) is 2.69. The minimum Gasteiger partial charge on any atom is -0.218 e. The van der Waals surface area contributed by atoms with Crippen LogP contribution >= 0.6 is 11.6 Å². The van der Waals surface area contributed by atoms with E-state index in [1.165, 1.54) is 0 Å². The highest BCUT2D eigenvalue weighted by Crippen LogP contribution is 2.48. The lowest BCUT2D eigenvalue weighted by atomic mass is 9.98. The van der Waals surface area contributed by atoms with Crippen molar-refractivity contribution in [3.8, 4) is 11.1 Å². The Morgan fingerprint density at radius 2 is 1.45 bits per heavy atom. The molecule has 0 fully saturated rings. The molecular formula is C16H9ClO2S. The summed E-state index contributed by atoms with van der Waals surface area (Å²) < 4.78 is 25.2. The Balaban J connectivity index is 2.31. The number of benzene rings is 3. The van der Waals surface area contributed by atoms with Crippen molar-refractivity contribution in [3.05, 3.63) is 59.6 Å². The third-order valence-corrected chi connectivity index (χ3v) is 5.84. The van der Waals surface area contributed by atoms with Crippen LogP contribution < -0.4 is 0 Å². The van der Waals surface area contributed by atoms with Crippen LogP contribution in [0.4, 0.5) is 0 Å². The molecule has 0 aliphatic carbocycles. The molecule has 0 aromatic heterocycles. The van der Waals surface area contributed by atoms with Gasteiger partial charge in [-0.2, -0.15) is 0 Å². The van der Waals surface area contributed by atoms with E-state index >= 15 is 0 Å². The smallest absolute Gasteiger partial charge is 0.207 e. The molecule has 1 heterocycles. The van der Waals surface area contributed by atoms with E-state index < -0.39 is 9.84 Å². The van der Waals surface area contributed by atoms with Crippen molar-refractivity contribution in [2.45, 2.75) is 9.79 Å². The van der Waals surface area contributed by atoms with Gasteiger partial charge in [0.2, 0.25) is 9.84 Å². The second-order valence-corrected chi connectivity index (χ2v) is 7.07. The second-order valence-electron chi connectivity index (χ2n) is 4.78. The van der Waals surface area contributed by atoms with Gasteiger partial charge in [-0.1, -0.05) is 54.1 Å². The molecule has 3 aromatic rings. The van der Waals surface area contributed by atoms with Crippen LogP contribution in [0.1, 0.15) is 0 Å². The maximum Gasteiger partial charge on any atom is 0.207 e. The zero-order chi connectivity index (χ0) is 13.9. The lowest BCUT2D eigenvalue weighted by Gasteiger charge is -2.07. The number of halogens is 1. The molecule has 1 aliphatic heterocycles. The minimum absolute atomic E-state index is 0.308. The number of rotatable bonds is 0. The number of hydrogen-bond donors (Lipinski definition) is 0. The predicted molar refractivity (Wildman–Crippen MR) is 79.8 cm³/mol. The fraction of sp³-hybridized carbons (Fsp3) is 0. The van der Waals surface area contributed by atoms with Gasteiger partial charge in [-0.05, 0) is 17.5 Å². The van der Waals surface area contributed by atoms with E-state index in [1.807, 2.05) is 36.4 Å². The van der Waals surface area contributed by atoms with Gasteiger partial charge in [0.1, 0.15) is 0 Å². The summed E-state index contributed by atoms with van der Waals surface area (Å²) in [6.07, 6.45) is 0. The van der Waals surface area contributed by atoms with Gasteiger partial charge < -0.3 is 0 Å². The van der Waals surface area contributed by atoms with Crippen LogP contribution in [0, 0.1) is 0 Å². The van der Waals surface area contributed by atoms with E-state index in [-0.39, 0.29) is 0 Å². The molecule has 98 valence electrons. The molecule has 4 rings (SSSR count). The zero-order valence-electron chi connectivity index (χ0n) is 10.3. The summed E-state index contributed by atoms with van der Waals surface area (Å²) in [7, 11) is -3.46. The maximum atomic E-state index is 12.6. The number of hydrogen-bond acceptors (Lipinski definition) is 2. The van der Waals surface area contributed by atoms with E-state index in [4.69, 9.17) is 11.6 Å². The molecular weight excluding hydrogens is 292 g/mol. The molecule has 1 aliphatic rings. The topological polar surface area (TPSA) is 34.1 Å². The van der Waals surface area contributed by atoms with Crippen molar-refractivity contribution in [1.29, 1.82) is 0 Å². The first-order chi connectivity index (χ1) is 9.60. The van der Waals surface area contributed by atoms with Crippen LogP contribution in [-0.4, -0.2) is 8.42 Å². The average molecular weight is 301 g/mol. The van der Waals surface area contributed by atoms with Crippen LogP contribution in [0.2, 0.25) is 5.02 Å². The van der Waals surface area contributed by atoms with Crippen molar-refractivity contribution in [3.63, 3.8) is 0 Å². The first-order valence-electron chi connectivity index (χ1n) is 6.16. The molecule has 0 radical (unpaired) electrons. The lowest BCUT2D eigenvalue weighted by Crippen LogP contribution is -1.96. The third kappa shape index (κ3) is 1.37. The summed E-state index contributed by atoms with van der Waals surface area (Å²) in [6.45, 7) is 0. The largest absolute Gasteiger partial charge is 0.218 e. The van der Waals surface area contributed by atoms with E-state index in [9.17, 15) is 8.42 Å². The quantitative estimate of drug-likeness (QED) is 0.485. The second kappa shape index (κ2) is 3.84. The Hall–Kier alpha value is -1.84. The summed E-state index contributed by atoms with van der Waals surface area (Å²) in [5.41, 5.74) is 1.52. The molecule has 20 heavy (non-hydrogen) atoms. The van der Waals surface area contributed by atoms with Crippen molar-refractivity contribution in [2.75, 3.05) is 0 Å².